The molecule has 0 aliphatic carbocycles. The number of anilines is 1. The van der Waals surface area contributed by atoms with Crippen molar-refractivity contribution in [1.29, 1.82) is 0 Å². The highest BCUT2D eigenvalue weighted by Gasteiger charge is 2.10. The molecule has 0 heterocycles. The van der Waals surface area contributed by atoms with E-state index in [4.69, 9.17) is 0 Å². The Morgan fingerprint density at radius 2 is 1.88 bits per heavy atom. The summed E-state index contributed by atoms with van der Waals surface area (Å²) < 4.78 is 14.4. The van der Waals surface area contributed by atoms with Crippen LogP contribution >= 0.6 is 15.9 Å². The minimum atomic E-state index is -0.391. The molecule has 0 aliphatic rings. The van der Waals surface area contributed by atoms with Gasteiger partial charge in [0.05, 0.1) is 0 Å². The first-order chi connectivity index (χ1) is 11.5. The van der Waals surface area contributed by atoms with Crippen LogP contribution in [0.3, 0.4) is 0 Å². The zero-order valence-electron chi connectivity index (χ0n) is 13.2. The summed E-state index contributed by atoms with van der Waals surface area (Å²) in [4.78, 5) is 23.6. The smallest absolute Gasteiger partial charge is 0.233 e. The summed E-state index contributed by atoms with van der Waals surface area (Å²) in [5.41, 5.74) is 2.16. The lowest BCUT2D eigenvalue weighted by atomic mass is 10.1. The fraction of sp³-hybridized carbons (Fsp3) is 0.222. The van der Waals surface area contributed by atoms with Crippen molar-refractivity contribution < 1.29 is 14.0 Å². The van der Waals surface area contributed by atoms with Gasteiger partial charge in [0.25, 0.3) is 0 Å². The standard InChI is InChI=1S/C18H18BrFN2O2/c1-12-10-14(6-7-15(12)19)22-18(24)11-17(23)21-9-8-13-4-2-3-5-16(13)20/h2-7,10H,8-9,11H2,1H3,(H,21,23)(H,22,24). The Morgan fingerprint density at radius 1 is 1.12 bits per heavy atom. The SMILES string of the molecule is Cc1cc(NC(=O)CC(=O)NCCc2ccccc2F)ccc1Br. The van der Waals surface area contributed by atoms with Crippen LogP contribution in [0.4, 0.5) is 10.1 Å². The molecule has 6 heteroatoms. The zero-order chi connectivity index (χ0) is 17.5. The maximum atomic E-state index is 13.4. The van der Waals surface area contributed by atoms with Crippen molar-refractivity contribution in [1.82, 2.24) is 5.32 Å². The van der Waals surface area contributed by atoms with E-state index in [1.807, 2.05) is 19.1 Å². The molecule has 0 spiro atoms. The molecule has 0 radical (unpaired) electrons. The van der Waals surface area contributed by atoms with E-state index in [0.29, 0.717) is 17.7 Å². The van der Waals surface area contributed by atoms with Crippen LogP contribution < -0.4 is 10.6 Å². The van der Waals surface area contributed by atoms with Crippen LogP contribution in [0, 0.1) is 12.7 Å². The molecule has 0 saturated carbocycles. The first-order valence-corrected chi connectivity index (χ1v) is 8.31. The summed E-state index contributed by atoms with van der Waals surface area (Å²) >= 11 is 3.39. The Bertz CT molecular complexity index is 750. The number of hydrogen-bond donors (Lipinski definition) is 2. The third-order valence-electron chi connectivity index (χ3n) is 3.44. The van der Waals surface area contributed by atoms with Crippen LogP contribution in [0.2, 0.25) is 0 Å². The summed E-state index contributed by atoms with van der Waals surface area (Å²) in [7, 11) is 0. The maximum Gasteiger partial charge on any atom is 0.233 e. The second kappa shape index (κ2) is 8.59. The van der Waals surface area contributed by atoms with Crippen LogP contribution in [-0.2, 0) is 16.0 Å². The second-order valence-corrected chi connectivity index (χ2v) is 6.23. The fourth-order valence-corrected chi connectivity index (χ4v) is 2.42. The van der Waals surface area contributed by atoms with Gasteiger partial charge < -0.3 is 10.6 Å². The third-order valence-corrected chi connectivity index (χ3v) is 4.33. The van der Waals surface area contributed by atoms with Gasteiger partial charge in [-0.25, -0.2) is 4.39 Å². The first-order valence-electron chi connectivity index (χ1n) is 7.52. The van der Waals surface area contributed by atoms with Gasteiger partial charge >= 0.3 is 0 Å². The monoisotopic (exact) mass is 392 g/mol. The van der Waals surface area contributed by atoms with E-state index in [2.05, 4.69) is 26.6 Å². The molecule has 2 amide bonds. The van der Waals surface area contributed by atoms with Gasteiger partial charge in [-0.05, 0) is 48.7 Å². The van der Waals surface area contributed by atoms with Crippen molar-refractivity contribution in [3.8, 4) is 0 Å². The van der Waals surface area contributed by atoms with Gasteiger partial charge in [0.2, 0.25) is 11.8 Å². The molecule has 0 fully saturated rings. The van der Waals surface area contributed by atoms with Gasteiger partial charge in [-0.1, -0.05) is 34.1 Å². The van der Waals surface area contributed by atoms with Gasteiger partial charge in [-0.15, -0.1) is 0 Å². The van der Waals surface area contributed by atoms with Crippen molar-refractivity contribution in [2.75, 3.05) is 11.9 Å². The molecule has 0 saturated heterocycles. The molecule has 0 bridgehead atoms. The summed E-state index contributed by atoms with van der Waals surface area (Å²) in [5, 5.41) is 5.30. The Kier molecular flexibility index (Phi) is 6.49. The Balaban J connectivity index is 1.76. The number of carbonyl (C=O) groups excluding carboxylic acids is 2. The van der Waals surface area contributed by atoms with Gasteiger partial charge in [-0.2, -0.15) is 0 Å². The molecule has 2 aromatic rings. The third kappa shape index (κ3) is 5.45. The molecule has 2 rings (SSSR count). The lowest BCUT2D eigenvalue weighted by Gasteiger charge is -2.08. The molecule has 4 nitrogen and oxygen atoms in total. The van der Waals surface area contributed by atoms with E-state index in [1.54, 1.807) is 24.3 Å². The lowest BCUT2D eigenvalue weighted by molar-refractivity contribution is -0.126. The van der Waals surface area contributed by atoms with Crippen molar-refractivity contribution in [2.24, 2.45) is 0 Å². The second-order valence-electron chi connectivity index (χ2n) is 5.38. The number of hydrogen-bond acceptors (Lipinski definition) is 2. The van der Waals surface area contributed by atoms with E-state index in [9.17, 15) is 14.0 Å². The molecular formula is C18H18BrFN2O2. The zero-order valence-corrected chi connectivity index (χ0v) is 14.8. The predicted molar refractivity (Wildman–Crippen MR) is 95.2 cm³/mol. The number of aryl methyl sites for hydroxylation is 1. The summed E-state index contributed by atoms with van der Waals surface area (Å²) in [5.74, 6) is -1.08. The highest BCUT2D eigenvalue weighted by Crippen LogP contribution is 2.20. The first kappa shape index (κ1) is 18.1. The van der Waals surface area contributed by atoms with Crippen molar-refractivity contribution in [2.45, 2.75) is 19.8 Å². The Hall–Kier alpha value is -2.21. The average molecular weight is 393 g/mol. The molecule has 24 heavy (non-hydrogen) atoms. The van der Waals surface area contributed by atoms with Crippen LogP contribution in [0.1, 0.15) is 17.5 Å². The molecular weight excluding hydrogens is 375 g/mol. The average Bonchev–Trinajstić information content (AvgIpc) is 2.52. The fourth-order valence-electron chi connectivity index (χ4n) is 2.17. The number of amides is 2. The van der Waals surface area contributed by atoms with Gasteiger partial charge in [0.1, 0.15) is 12.2 Å². The molecule has 2 N–H and O–H groups in total. The summed E-state index contributed by atoms with van der Waals surface area (Å²) in [6.45, 7) is 2.19. The van der Waals surface area contributed by atoms with Crippen LogP contribution in [-0.4, -0.2) is 18.4 Å². The van der Waals surface area contributed by atoms with E-state index in [-0.39, 0.29) is 24.7 Å². The minimum Gasteiger partial charge on any atom is -0.355 e. The normalized spacial score (nSPS) is 10.3. The van der Waals surface area contributed by atoms with Gasteiger partial charge in [0, 0.05) is 16.7 Å². The number of rotatable bonds is 6. The molecule has 0 aromatic heterocycles. The number of carbonyl (C=O) groups is 2. The molecule has 0 atom stereocenters. The van der Waals surface area contributed by atoms with Crippen molar-refractivity contribution in [3.05, 3.63) is 63.9 Å². The van der Waals surface area contributed by atoms with Gasteiger partial charge in [0.15, 0.2) is 0 Å². The Morgan fingerprint density at radius 3 is 2.58 bits per heavy atom. The predicted octanol–water partition coefficient (Wildman–Crippen LogP) is 3.58. The van der Waals surface area contributed by atoms with Crippen molar-refractivity contribution >= 4 is 33.4 Å². The highest BCUT2D eigenvalue weighted by atomic mass is 79.9. The quantitative estimate of drug-likeness (QED) is 0.738. The Labute approximate surface area is 148 Å². The van der Waals surface area contributed by atoms with Crippen molar-refractivity contribution in [3.63, 3.8) is 0 Å². The van der Waals surface area contributed by atoms with Crippen LogP contribution in [0.15, 0.2) is 46.9 Å². The van der Waals surface area contributed by atoms with E-state index >= 15 is 0 Å². The highest BCUT2D eigenvalue weighted by molar-refractivity contribution is 9.10. The summed E-state index contributed by atoms with van der Waals surface area (Å²) in [6, 6.07) is 11.8. The van der Waals surface area contributed by atoms with E-state index < -0.39 is 5.91 Å². The topological polar surface area (TPSA) is 58.2 Å². The maximum absolute atomic E-state index is 13.4. The molecule has 2 aromatic carbocycles. The molecule has 126 valence electrons. The summed E-state index contributed by atoms with van der Waals surface area (Å²) in [6.07, 6.45) is 0.109. The van der Waals surface area contributed by atoms with Gasteiger partial charge in [-0.3, -0.25) is 9.59 Å². The molecule has 0 unspecified atom stereocenters. The largest absolute Gasteiger partial charge is 0.355 e. The van der Waals surface area contributed by atoms with E-state index in [0.717, 1.165) is 10.0 Å². The minimum absolute atomic E-state index is 0.271. The lowest BCUT2D eigenvalue weighted by Crippen LogP contribution is -2.29. The number of halogens is 2. The molecule has 0 aliphatic heterocycles. The number of nitrogens with one attached hydrogen (secondary N) is 2. The van der Waals surface area contributed by atoms with E-state index in [1.165, 1.54) is 6.07 Å². The van der Waals surface area contributed by atoms with Crippen LogP contribution in [0.25, 0.3) is 0 Å². The number of benzene rings is 2. The van der Waals surface area contributed by atoms with Crippen LogP contribution in [0.5, 0.6) is 0 Å².